The van der Waals surface area contributed by atoms with Gasteiger partial charge in [-0.3, -0.25) is 18.6 Å². The first-order valence-corrected chi connectivity index (χ1v) is 21.1. The summed E-state index contributed by atoms with van der Waals surface area (Å²) in [6, 6.07) is 0. The molecule has 0 aromatic heterocycles. The summed E-state index contributed by atoms with van der Waals surface area (Å²) in [5.41, 5.74) is 0. The molecule has 0 aliphatic carbocycles. The number of phosphoric ester groups is 1. The first kappa shape index (κ1) is 48.9. The predicted molar refractivity (Wildman–Crippen MR) is 205 cm³/mol. The molecule has 0 aliphatic rings. The molecule has 3 atom stereocenters. The highest BCUT2D eigenvalue weighted by Gasteiger charge is 2.27. The average Bonchev–Trinajstić information content (AvgIpc) is 3.12. The van der Waals surface area contributed by atoms with Crippen LogP contribution in [0.4, 0.5) is 0 Å². The van der Waals surface area contributed by atoms with E-state index in [4.69, 9.17) is 19.1 Å². The van der Waals surface area contributed by atoms with E-state index in [1.165, 1.54) is 51.4 Å². The fourth-order valence-corrected chi connectivity index (χ4v) is 5.66. The number of rotatable bonds is 36. The van der Waals surface area contributed by atoms with Gasteiger partial charge in [-0.2, -0.15) is 0 Å². The second-order valence-corrected chi connectivity index (χ2v) is 14.4. The molecule has 0 amide bonds. The molecule has 0 bridgehead atoms. The van der Waals surface area contributed by atoms with Crippen molar-refractivity contribution in [2.75, 3.05) is 26.4 Å². The molecule has 0 aromatic carbocycles. The molecular formula is C40H71O10P. The van der Waals surface area contributed by atoms with Gasteiger partial charge in [-0.15, -0.1) is 0 Å². The van der Waals surface area contributed by atoms with E-state index in [0.29, 0.717) is 19.3 Å². The lowest BCUT2D eigenvalue weighted by Gasteiger charge is -2.20. The van der Waals surface area contributed by atoms with Gasteiger partial charge in [-0.25, -0.2) is 4.57 Å². The summed E-state index contributed by atoms with van der Waals surface area (Å²) in [5, 5.41) is 18.3. The van der Waals surface area contributed by atoms with Crippen molar-refractivity contribution in [3.8, 4) is 0 Å². The molecule has 3 N–H and O–H groups in total. The largest absolute Gasteiger partial charge is 0.472 e. The van der Waals surface area contributed by atoms with Gasteiger partial charge in [0.2, 0.25) is 0 Å². The van der Waals surface area contributed by atoms with Crippen molar-refractivity contribution in [1.29, 1.82) is 0 Å². The lowest BCUT2D eigenvalue weighted by atomic mass is 10.1. The van der Waals surface area contributed by atoms with Crippen LogP contribution in [0.1, 0.15) is 155 Å². The van der Waals surface area contributed by atoms with Gasteiger partial charge in [-0.1, -0.05) is 127 Å². The number of allylic oxidation sites excluding steroid dienone is 8. The lowest BCUT2D eigenvalue weighted by Crippen LogP contribution is -2.29. The van der Waals surface area contributed by atoms with Crippen LogP contribution in [0.2, 0.25) is 0 Å². The molecule has 0 saturated heterocycles. The van der Waals surface area contributed by atoms with E-state index in [0.717, 1.165) is 57.8 Å². The summed E-state index contributed by atoms with van der Waals surface area (Å²) in [6.45, 7) is 2.24. The van der Waals surface area contributed by atoms with Crippen molar-refractivity contribution in [2.45, 2.75) is 167 Å². The Morgan fingerprint density at radius 3 is 1.67 bits per heavy atom. The number of esters is 2. The normalized spacial score (nSPS) is 14.5. The summed E-state index contributed by atoms with van der Waals surface area (Å²) in [4.78, 5) is 34.8. The van der Waals surface area contributed by atoms with Gasteiger partial charge in [0.25, 0.3) is 0 Å². The fourth-order valence-electron chi connectivity index (χ4n) is 4.87. The Bertz CT molecular complexity index is 994. The summed E-state index contributed by atoms with van der Waals surface area (Å²) in [6.07, 6.45) is 36.6. The number of carbonyl (C=O) groups excluding carboxylic acids is 2. The first-order chi connectivity index (χ1) is 24.7. The van der Waals surface area contributed by atoms with Crippen molar-refractivity contribution in [1.82, 2.24) is 0 Å². The smallest absolute Gasteiger partial charge is 0.462 e. The maximum atomic E-state index is 12.5. The van der Waals surface area contributed by atoms with Crippen LogP contribution in [0, 0.1) is 0 Å². The monoisotopic (exact) mass is 742 g/mol. The van der Waals surface area contributed by atoms with Crippen LogP contribution in [0.25, 0.3) is 0 Å². The van der Waals surface area contributed by atoms with Gasteiger partial charge in [0, 0.05) is 12.8 Å². The van der Waals surface area contributed by atoms with Crippen LogP contribution in [0.15, 0.2) is 48.6 Å². The minimum absolute atomic E-state index is 0.162. The highest BCUT2D eigenvalue weighted by Crippen LogP contribution is 2.43. The molecule has 0 heterocycles. The SMILES string of the molecule is CCCC/C=C/CCCCCCCC(=O)O[C@@H](COC(=O)CCC/C=C/C/C=C/C/C=C/CCCCCCCC)COP(=O)(O)OC[C@H](O)CO. The highest BCUT2D eigenvalue weighted by molar-refractivity contribution is 7.47. The van der Waals surface area contributed by atoms with E-state index in [-0.39, 0.29) is 19.4 Å². The van der Waals surface area contributed by atoms with E-state index in [1.54, 1.807) is 0 Å². The number of aliphatic hydroxyl groups excluding tert-OH is 2. The van der Waals surface area contributed by atoms with Gasteiger partial charge >= 0.3 is 19.8 Å². The first-order valence-electron chi connectivity index (χ1n) is 19.6. The molecule has 0 spiro atoms. The third kappa shape index (κ3) is 36.1. The number of phosphoric acid groups is 1. The topological polar surface area (TPSA) is 149 Å². The number of hydrogen-bond acceptors (Lipinski definition) is 9. The van der Waals surface area contributed by atoms with Gasteiger partial charge in [-0.05, 0) is 64.2 Å². The molecule has 296 valence electrons. The second kappa shape index (κ2) is 36.3. The number of ether oxygens (including phenoxy) is 2. The number of unbranched alkanes of at least 4 members (excludes halogenated alkanes) is 14. The van der Waals surface area contributed by atoms with Gasteiger partial charge in [0.05, 0.1) is 19.8 Å². The van der Waals surface area contributed by atoms with Crippen LogP contribution in [0.5, 0.6) is 0 Å². The molecule has 0 fully saturated rings. The zero-order valence-corrected chi connectivity index (χ0v) is 32.7. The van der Waals surface area contributed by atoms with E-state index in [2.05, 4.69) is 60.9 Å². The Morgan fingerprint density at radius 1 is 0.588 bits per heavy atom. The van der Waals surface area contributed by atoms with Crippen LogP contribution in [-0.4, -0.2) is 65.7 Å². The Morgan fingerprint density at radius 2 is 1.06 bits per heavy atom. The van der Waals surface area contributed by atoms with E-state index in [9.17, 15) is 24.2 Å². The van der Waals surface area contributed by atoms with Crippen LogP contribution < -0.4 is 0 Å². The Kier molecular flexibility index (Phi) is 34.8. The number of hydrogen-bond donors (Lipinski definition) is 3. The maximum Gasteiger partial charge on any atom is 0.472 e. The lowest BCUT2D eigenvalue weighted by molar-refractivity contribution is -0.161. The van der Waals surface area contributed by atoms with Gasteiger partial charge in [0.1, 0.15) is 12.7 Å². The second-order valence-electron chi connectivity index (χ2n) is 12.9. The molecule has 10 nitrogen and oxygen atoms in total. The molecule has 51 heavy (non-hydrogen) atoms. The number of carbonyl (C=O) groups is 2. The zero-order valence-electron chi connectivity index (χ0n) is 31.8. The molecular weight excluding hydrogens is 671 g/mol. The molecule has 0 rings (SSSR count). The van der Waals surface area contributed by atoms with Crippen molar-refractivity contribution in [3.05, 3.63) is 48.6 Å². The third-order valence-corrected chi connectivity index (χ3v) is 8.91. The Labute approximate surface area is 309 Å². The van der Waals surface area contributed by atoms with Crippen molar-refractivity contribution in [2.24, 2.45) is 0 Å². The summed E-state index contributed by atoms with van der Waals surface area (Å²) in [7, 11) is -4.62. The number of aliphatic hydroxyl groups is 2. The van der Waals surface area contributed by atoms with Crippen LogP contribution in [0.3, 0.4) is 0 Å². The quantitative estimate of drug-likeness (QED) is 0.0245. The molecule has 0 aromatic rings. The summed E-state index contributed by atoms with van der Waals surface area (Å²) in [5.74, 6) is -1.00. The molecule has 0 radical (unpaired) electrons. The van der Waals surface area contributed by atoms with Crippen molar-refractivity contribution in [3.63, 3.8) is 0 Å². The third-order valence-electron chi connectivity index (χ3n) is 7.96. The Hall–Kier alpha value is -2.07. The van der Waals surface area contributed by atoms with Gasteiger partial charge < -0.3 is 24.6 Å². The van der Waals surface area contributed by atoms with Crippen molar-refractivity contribution >= 4 is 19.8 Å². The predicted octanol–water partition coefficient (Wildman–Crippen LogP) is 9.77. The highest BCUT2D eigenvalue weighted by atomic mass is 31.2. The standard InChI is InChI=1S/C40H71O10P/c1-3-5-7-9-11-13-15-16-17-18-19-20-22-23-25-27-29-31-39(43)47-35-38(36-49-51(45,46)48-34-37(42)33-41)50-40(44)32-30-28-26-24-21-14-12-10-8-6-4-2/h10,12,16-17,19-20,23,25,37-38,41-42H,3-9,11,13-15,18,21-22,24,26-36H2,1-2H3,(H,45,46)/b12-10+,17-16+,20-19+,25-23+/t37-,38+/m1/s1. The minimum Gasteiger partial charge on any atom is -0.462 e. The summed E-state index contributed by atoms with van der Waals surface area (Å²) >= 11 is 0. The molecule has 0 saturated carbocycles. The van der Waals surface area contributed by atoms with Crippen LogP contribution in [-0.2, 0) is 32.7 Å². The van der Waals surface area contributed by atoms with E-state index >= 15 is 0 Å². The average molecular weight is 743 g/mol. The minimum atomic E-state index is -4.62. The fraction of sp³-hybridized carbons (Fsp3) is 0.750. The zero-order chi connectivity index (χ0) is 37.7. The summed E-state index contributed by atoms with van der Waals surface area (Å²) < 4.78 is 32.5. The molecule has 0 aliphatic heterocycles. The maximum absolute atomic E-state index is 12.5. The molecule has 1 unspecified atom stereocenters. The Balaban J connectivity index is 4.44. The molecule has 11 heteroatoms. The van der Waals surface area contributed by atoms with E-state index < -0.39 is 51.8 Å². The van der Waals surface area contributed by atoms with Crippen molar-refractivity contribution < 1.29 is 47.8 Å². The van der Waals surface area contributed by atoms with E-state index in [1.807, 2.05) is 6.08 Å². The van der Waals surface area contributed by atoms with Crippen LogP contribution >= 0.6 is 7.82 Å². The van der Waals surface area contributed by atoms with Gasteiger partial charge in [0.15, 0.2) is 6.10 Å².